The number of hydrogen-bond donors (Lipinski definition) is 3. The highest BCUT2D eigenvalue weighted by Gasteiger charge is 2.26. The number of aryl methyl sites for hydroxylation is 1. The number of nitrogens with one attached hydrogen (secondary N) is 2. The summed E-state index contributed by atoms with van der Waals surface area (Å²) in [6.45, 7) is 1.83. The van der Waals surface area contributed by atoms with E-state index in [0.29, 0.717) is 17.7 Å². The molecule has 0 spiro atoms. The third kappa shape index (κ3) is 3.52. The van der Waals surface area contributed by atoms with Crippen LogP contribution in [0.4, 0.5) is 17.5 Å². The van der Waals surface area contributed by atoms with Gasteiger partial charge in [-0.2, -0.15) is 4.98 Å². The number of para-hydroxylation sites is 1. The summed E-state index contributed by atoms with van der Waals surface area (Å²) < 4.78 is 0. The fourth-order valence-electron chi connectivity index (χ4n) is 2.20. The van der Waals surface area contributed by atoms with Crippen LogP contribution in [0.1, 0.15) is 30.0 Å². The molecule has 1 aliphatic carbocycles. The van der Waals surface area contributed by atoms with E-state index in [0.717, 1.165) is 29.8 Å². The molecule has 0 aliphatic heterocycles. The SMILES string of the molecule is Cc1ccccc1Nc1cc(C2CC2)nc(NCC(=O)O)n1. The van der Waals surface area contributed by atoms with Crippen LogP contribution in [0.15, 0.2) is 30.3 Å². The fourth-order valence-corrected chi connectivity index (χ4v) is 2.20. The van der Waals surface area contributed by atoms with E-state index >= 15 is 0 Å². The number of benzene rings is 1. The highest BCUT2D eigenvalue weighted by molar-refractivity contribution is 5.72. The zero-order chi connectivity index (χ0) is 15.5. The summed E-state index contributed by atoms with van der Waals surface area (Å²) >= 11 is 0. The van der Waals surface area contributed by atoms with Crippen LogP contribution in [-0.2, 0) is 4.79 Å². The van der Waals surface area contributed by atoms with Gasteiger partial charge < -0.3 is 15.7 Å². The van der Waals surface area contributed by atoms with E-state index in [9.17, 15) is 4.79 Å². The summed E-state index contributed by atoms with van der Waals surface area (Å²) in [5.74, 6) is 0.557. The molecule has 2 aromatic rings. The predicted molar refractivity (Wildman–Crippen MR) is 84.6 cm³/mol. The van der Waals surface area contributed by atoms with Crippen molar-refractivity contribution in [2.24, 2.45) is 0 Å². The number of rotatable bonds is 6. The molecule has 0 saturated heterocycles. The molecule has 1 aliphatic rings. The van der Waals surface area contributed by atoms with Gasteiger partial charge in [-0.25, -0.2) is 4.98 Å². The standard InChI is InChI=1S/C16H18N4O2/c1-10-4-2-3-5-12(10)18-14-8-13(11-6-7-11)19-16(20-14)17-9-15(21)22/h2-5,8,11H,6-7,9H2,1H3,(H,21,22)(H2,17,18,19,20). The van der Waals surface area contributed by atoms with Crippen LogP contribution < -0.4 is 10.6 Å². The lowest BCUT2D eigenvalue weighted by Crippen LogP contribution is -2.15. The minimum atomic E-state index is -0.936. The van der Waals surface area contributed by atoms with Gasteiger partial charge >= 0.3 is 5.97 Å². The van der Waals surface area contributed by atoms with Gasteiger partial charge in [-0.15, -0.1) is 0 Å². The second-order valence-corrected chi connectivity index (χ2v) is 5.46. The van der Waals surface area contributed by atoms with E-state index in [1.54, 1.807) is 0 Å². The maximum absolute atomic E-state index is 10.7. The molecule has 0 bridgehead atoms. The smallest absolute Gasteiger partial charge is 0.322 e. The van der Waals surface area contributed by atoms with Crippen molar-refractivity contribution in [2.45, 2.75) is 25.7 Å². The van der Waals surface area contributed by atoms with Crippen molar-refractivity contribution in [1.82, 2.24) is 9.97 Å². The first-order chi connectivity index (χ1) is 10.6. The van der Waals surface area contributed by atoms with Gasteiger partial charge in [0.05, 0.1) is 5.69 Å². The van der Waals surface area contributed by atoms with Crippen molar-refractivity contribution in [2.75, 3.05) is 17.2 Å². The Morgan fingerprint density at radius 3 is 2.77 bits per heavy atom. The Balaban J connectivity index is 1.85. The summed E-state index contributed by atoms with van der Waals surface area (Å²) in [4.78, 5) is 19.5. The molecule has 1 aromatic heterocycles. The Morgan fingerprint density at radius 2 is 2.09 bits per heavy atom. The Labute approximate surface area is 128 Å². The third-order valence-electron chi connectivity index (χ3n) is 3.55. The van der Waals surface area contributed by atoms with E-state index in [4.69, 9.17) is 5.11 Å². The highest BCUT2D eigenvalue weighted by atomic mass is 16.4. The van der Waals surface area contributed by atoms with Crippen molar-refractivity contribution >= 4 is 23.4 Å². The van der Waals surface area contributed by atoms with Crippen LogP contribution in [0.25, 0.3) is 0 Å². The molecular weight excluding hydrogens is 280 g/mol. The molecule has 6 heteroatoms. The monoisotopic (exact) mass is 298 g/mol. The molecule has 1 saturated carbocycles. The largest absolute Gasteiger partial charge is 0.480 e. The van der Waals surface area contributed by atoms with Crippen LogP contribution in [0.2, 0.25) is 0 Å². The molecule has 1 fully saturated rings. The van der Waals surface area contributed by atoms with Gasteiger partial charge in [-0.05, 0) is 31.4 Å². The number of carboxylic acid groups (broad SMARTS) is 1. The second-order valence-electron chi connectivity index (χ2n) is 5.46. The quantitative estimate of drug-likeness (QED) is 0.760. The Bertz CT molecular complexity index is 698. The first-order valence-corrected chi connectivity index (χ1v) is 7.29. The molecule has 22 heavy (non-hydrogen) atoms. The minimum absolute atomic E-state index is 0.197. The molecule has 1 heterocycles. The van der Waals surface area contributed by atoms with Gasteiger partial charge in [0.25, 0.3) is 0 Å². The van der Waals surface area contributed by atoms with E-state index in [1.807, 2.05) is 37.3 Å². The molecule has 1 aromatic carbocycles. The van der Waals surface area contributed by atoms with E-state index in [1.165, 1.54) is 0 Å². The van der Waals surface area contributed by atoms with Gasteiger partial charge in [0, 0.05) is 17.7 Å². The second kappa shape index (κ2) is 6.01. The van der Waals surface area contributed by atoms with E-state index in [2.05, 4.69) is 20.6 Å². The summed E-state index contributed by atoms with van der Waals surface area (Å²) in [6.07, 6.45) is 2.25. The van der Waals surface area contributed by atoms with Gasteiger partial charge in [-0.3, -0.25) is 4.79 Å². The lowest BCUT2D eigenvalue weighted by Gasteiger charge is -2.11. The van der Waals surface area contributed by atoms with Crippen LogP contribution >= 0.6 is 0 Å². The topological polar surface area (TPSA) is 87.1 Å². The predicted octanol–water partition coefficient (Wildman–Crippen LogP) is 2.90. The average Bonchev–Trinajstić information content (AvgIpc) is 3.32. The van der Waals surface area contributed by atoms with E-state index in [-0.39, 0.29) is 6.54 Å². The molecule has 0 amide bonds. The average molecular weight is 298 g/mol. The molecule has 0 atom stereocenters. The van der Waals surface area contributed by atoms with Crippen LogP contribution in [0, 0.1) is 6.92 Å². The van der Waals surface area contributed by atoms with Crippen LogP contribution in [0.5, 0.6) is 0 Å². The zero-order valence-electron chi connectivity index (χ0n) is 12.3. The van der Waals surface area contributed by atoms with Crippen LogP contribution in [-0.4, -0.2) is 27.6 Å². The highest BCUT2D eigenvalue weighted by Crippen LogP contribution is 2.40. The molecule has 0 unspecified atom stereocenters. The molecule has 6 nitrogen and oxygen atoms in total. The minimum Gasteiger partial charge on any atom is -0.480 e. The fraction of sp³-hybridized carbons (Fsp3) is 0.312. The lowest BCUT2D eigenvalue weighted by molar-refractivity contribution is -0.134. The number of nitrogens with zero attached hydrogens (tertiary/aromatic N) is 2. The number of aliphatic carboxylic acids is 1. The molecular formula is C16H18N4O2. The Hall–Kier alpha value is -2.63. The molecule has 3 N–H and O–H groups in total. The first-order valence-electron chi connectivity index (χ1n) is 7.29. The van der Waals surface area contributed by atoms with Crippen molar-refractivity contribution in [1.29, 1.82) is 0 Å². The number of carboxylic acids is 1. The molecule has 0 radical (unpaired) electrons. The van der Waals surface area contributed by atoms with Crippen LogP contribution in [0.3, 0.4) is 0 Å². The van der Waals surface area contributed by atoms with Gasteiger partial charge in [0.1, 0.15) is 12.4 Å². The van der Waals surface area contributed by atoms with Gasteiger partial charge in [0.15, 0.2) is 0 Å². The van der Waals surface area contributed by atoms with Gasteiger partial charge in [0.2, 0.25) is 5.95 Å². The van der Waals surface area contributed by atoms with Crippen molar-refractivity contribution in [3.05, 3.63) is 41.6 Å². The summed E-state index contributed by atoms with van der Waals surface area (Å²) in [7, 11) is 0. The summed E-state index contributed by atoms with van der Waals surface area (Å²) in [5.41, 5.74) is 3.06. The summed E-state index contributed by atoms with van der Waals surface area (Å²) in [6, 6.07) is 9.89. The first kappa shape index (κ1) is 14.3. The maximum Gasteiger partial charge on any atom is 0.322 e. The molecule has 114 valence electrons. The van der Waals surface area contributed by atoms with E-state index < -0.39 is 5.97 Å². The number of aromatic nitrogens is 2. The molecule has 3 rings (SSSR count). The van der Waals surface area contributed by atoms with Gasteiger partial charge in [-0.1, -0.05) is 18.2 Å². The third-order valence-corrected chi connectivity index (χ3v) is 3.55. The number of hydrogen-bond acceptors (Lipinski definition) is 5. The summed E-state index contributed by atoms with van der Waals surface area (Å²) in [5, 5.41) is 14.8. The Morgan fingerprint density at radius 1 is 1.32 bits per heavy atom. The number of carbonyl (C=O) groups is 1. The maximum atomic E-state index is 10.7. The van der Waals surface area contributed by atoms with Crippen molar-refractivity contribution in [3.8, 4) is 0 Å². The van der Waals surface area contributed by atoms with Crippen molar-refractivity contribution < 1.29 is 9.90 Å². The normalized spacial score (nSPS) is 13.7. The number of anilines is 3. The zero-order valence-corrected chi connectivity index (χ0v) is 12.3. The Kier molecular flexibility index (Phi) is 3.91. The van der Waals surface area contributed by atoms with Crippen molar-refractivity contribution in [3.63, 3.8) is 0 Å². The lowest BCUT2D eigenvalue weighted by atomic mass is 10.2.